The van der Waals surface area contributed by atoms with Crippen LogP contribution in [-0.4, -0.2) is 64.3 Å². The summed E-state index contributed by atoms with van der Waals surface area (Å²) in [5.41, 5.74) is 1.43. The van der Waals surface area contributed by atoms with E-state index in [2.05, 4.69) is 20.4 Å². The number of rotatable bonds is 9. The lowest BCUT2D eigenvalue weighted by atomic mass is 10.1. The molecule has 10 heteroatoms. The molecule has 0 unspecified atom stereocenters. The lowest BCUT2D eigenvalue weighted by molar-refractivity contribution is -0.127. The maximum absolute atomic E-state index is 12.6. The van der Waals surface area contributed by atoms with Crippen LogP contribution in [0, 0.1) is 6.92 Å². The van der Waals surface area contributed by atoms with E-state index in [4.69, 9.17) is 4.74 Å². The molecule has 0 heterocycles. The summed E-state index contributed by atoms with van der Waals surface area (Å²) in [7, 11) is 4.88. The number of ether oxygens (including phenoxy) is 2. The van der Waals surface area contributed by atoms with Crippen LogP contribution in [0.3, 0.4) is 0 Å². The second-order valence-electron chi connectivity index (χ2n) is 5.72. The summed E-state index contributed by atoms with van der Waals surface area (Å²) in [5, 5.41) is 5.92. The molecule has 0 aliphatic carbocycles. The van der Waals surface area contributed by atoms with Crippen molar-refractivity contribution in [2.24, 2.45) is 4.99 Å². The molecule has 154 valence electrons. The molecule has 0 fully saturated rings. The summed E-state index contributed by atoms with van der Waals surface area (Å²) in [6, 6.07) is 4.92. The molecule has 7 nitrogen and oxygen atoms in total. The first-order valence-corrected chi connectivity index (χ1v) is 8.09. The standard InChI is InChI=1S/C17H26F2N4O3.HI/c1-12-5-6-14(26-16(18)19)13(9-12)10-21-17(20-7-8-25-4)22-11-15(24)23(2)3;/h5-6,9,16H,7-8,10-11H2,1-4H3,(H2,20,21,22);1H. The number of aliphatic imine (C=N–C) groups is 1. The van der Waals surface area contributed by atoms with Crippen molar-refractivity contribution < 1.29 is 23.0 Å². The number of carbonyl (C=O) groups is 1. The van der Waals surface area contributed by atoms with Crippen LogP contribution >= 0.6 is 24.0 Å². The summed E-state index contributed by atoms with van der Waals surface area (Å²) in [6.07, 6.45) is 0. The number of amides is 1. The molecule has 0 bridgehead atoms. The van der Waals surface area contributed by atoms with Crippen LogP contribution in [0.4, 0.5) is 8.78 Å². The van der Waals surface area contributed by atoms with E-state index in [0.717, 1.165) is 5.56 Å². The predicted molar refractivity (Wildman–Crippen MR) is 111 cm³/mol. The Labute approximate surface area is 175 Å². The summed E-state index contributed by atoms with van der Waals surface area (Å²) < 4.78 is 34.6. The fraction of sp³-hybridized carbons (Fsp3) is 0.529. The third kappa shape index (κ3) is 10.3. The van der Waals surface area contributed by atoms with Gasteiger partial charge in [0.2, 0.25) is 5.91 Å². The molecule has 1 aromatic rings. The van der Waals surface area contributed by atoms with Gasteiger partial charge in [-0.2, -0.15) is 8.78 Å². The van der Waals surface area contributed by atoms with E-state index in [9.17, 15) is 13.6 Å². The number of nitrogens with one attached hydrogen (secondary N) is 2. The Kier molecular flexibility index (Phi) is 12.6. The Morgan fingerprint density at radius 1 is 1.30 bits per heavy atom. The Balaban J connectivity index is 0.00000676. The highest BCUT2D eigenvalue weighted by Crippen LogP contribution is 2.22. The molecule has 0 saturated carbocycles. The summed E-state index contributed by atoms with van der Waals surface area (Å²) >= 11 is 0. The van der Waals surface area contributed by atoms with Crippen molar-refractivity contribution in [3.05, 3.63) is 29.3 Å². The predicted octanol–water partition coefficient (Wildman–Crippen LogP) is 1.98. The second kappa shape index (κ2) is 13.5. The van der Waals surface area contributed by atoms with Gasteiger partial charge >= 0.3 is 6.61 Å². The van der Waals surface area contributed by atoms with Gasteiger partial charge < -0.3 is 25.0 Å². The van der Waals surface area contributed by atoms with Crippen molar-refractivity contribution in [3.8, 4) is 5.75 Å². The van der Waals surface area contributed by atoms with Crippen LogP contribution in [0.1, 0.15) is 11.1 Å². The van der Waals surface area contributed by atoms with E-state index in [1.807, 2.05) is 6.92 Å². The SMILES string of the molecule is COCCNC(=NCc1cc(C)ccc1OC(F)F)NCC(=O)N(C)C.I. The second-order valence-corrected chi connectivity index (χ2v) is 5.72. The molecule has 2 N–H and O–H groups in total. The number of methoxy groups -OCH3 is 1. The quantitative estimate of drug-likeness (QED) is 0.235. The first-order chi connectivity index (χ1) is 12.3. The van der Waals surface area contributed by atoms with Gasteiger partial charge in [0.15, 0.2) is 5.96 Å². The molecule has 1 amide bonds. The molecule has 0 radical (unpaired) electrons. The zero-order chi connectivity index (χ0) is 19.5. The van der Waals surface area contributed by atoms with Gasteiger partial charge in [-0.25, -0.2) is 4.99 Å². The number of guanidine groups is 1. The van der Waals surface area contributed by atoms with E-state index in [1.165, 1.54) is 11.0 Å². The molecule has 0 saturated heterocycles. The number of likely N-dealkylation sites (N-methyl/N-ethyl adjacent to an activating group) is 1. The van der Waals surface area contributed by atoms with Crippen LogP contribution in [-0.2, 0) is 16.1 Å². The Morgan fingerprint density at radius 2 is 2.00 bits per heavy atom. The molecule has 0 aliphatic heterocycles. The van der Waals surface area contributed by atoms with Crippen LogP contribution in [0.25, 0.3) is 0 Å². The highest BCUT2D eigenvalue weighted by Gasteiger charge is 2.11. The zero-order valence-corrected chi connectivity index (χ0v) is 18.3. The van der Waals surface area contributed by atoms with Gasteiger partial charge in [-0.1, -0.05) is 17.7 Å². The van der Waals surface area contributed by atoms with Gasteiger partial charge in [-0.3, -0.25) is 4.79 Å². The van der Waals surface area contributed by atoms with E-state index < -0.39 is 6.61 Å². The number of halogens is 3. The van der Waals surface area contributed by atoms with Crippen LogP contribution in [0.5, 0.6) is 5.75 Å². The number of nitrogens with zero attached hydrogens (tertiary/aromatic N) is 2. The number of benzene rings is 1. The fourth-order valence-corrected chi connectivity index (χ4v) is 1.97. The number of carbonyl (C=O) groups excluding carboxylic acids is 1. The van der Waals surface area contributed by atoms with Gasteiger partial charge in [0.25, 0.3) is 0 Å². The highest BCUT2D eigenvalue weighted by molar-refractivity contribution is 14.0. The third-order valence-corrected chi connectivity index (χ3v) is 3.34. The molecular weight excluding hydrogens is 473 g/mol. The Morgan fingerprint density at radius 3 is 2.59 bits per heavy atom. The molecule has 1 rings (SSSR count). The van der Waals surface area contributed by atoms with Crippen molar-refractivity contribution in [2.75, 3.05) is 40.9 Å². The van der Waals surface area contributed by atoms with Crippen molar-refractivity contribution in [3.63, 3.8) is 0 Å². The van der Waals surface area contributed by atoms with E-state index in [-0.39, 0.29) is 48.7 Å². The van der Waals surface area contributed by atoms with E-state index in [1.54, 1.807) is 33.3 Å². The third-order valence-electron chi connectivity index (χ3n) is 3.34. The van der Waals surface area contributed by atoms with Crippen molar-refractivity contribution in [2.45, 2.75) is 20.1 Å². The van der Waals surface area contributed by atoms with Crippen molar-refractivity contribution in [1.29, 1.82) is 0 Å². The van der Waals surface area contributed by atoms with Crippen LogP contribution in [0.15, 0.2) is 23.2 Å². The minimum absolute atomic E-state index is 0. The maximum atomic E-state index is 12.6. The minimum atomic E-state index is -2.91. The normalized spacial score (nSPS) is 11.0. The van der Waals surface area contributed by atoms with Gasteiger partial charge in [0.1, 0.15) is 5.75 Å². The molecule has 0 aliphatic rings. The molecular formula is C17H27F2IN4O3. The van der Waals surface area contributed by atoms with Gasteiger partial charge in [-0.15, -0.1) is 24.0 Å². The fourth-order valence-electron chi connectivity index (χ4n) is 1.97. The monoisotopic (exact) mass is 500 g/mol. The first-order valence-electron chi connectivity index (χ1n) is 8.09. The average Bonchev–Trinajstić information content (AvgIpc) is 2.58. The first kappa shape index (κ1) is 25.3. The van der Waals surface area contributed by atoms with Crippen LogP contribution < -0.4 is 15.4 Å². The summed E-state index contributed by atoms with van der Waals surface area (Å²) in [6.45, 7) is 0.0441. The number of hydrogen-bond donors (Lipinski definition) is 2. The van der Waals surface area contributed by atoms with E-state index in [0.29, 0.717) is 24.7 Å². The Hall–Kier alpha value is -1.69. The molecule has 27 heavy (non-hydrogen) atoms. The van der Waals surface area contributed by atoms with Crippen molar-refractivity contribution >= 4 is 35.8 Å². The lowest BCUT2D eigenvalue weighted by Gasteiger charge is -2.15. The minimum Gasteiger partial charge on any atom is -0.434 e. The smallest absolute Gasteiger partial charge is 0.387 e. The molecule has 0 aromatic heterocycles. The van der Waals surface area contributed by atoms with Crippen molar-refractivity contribution in [1.82, 2.24) is 15.5 Å². The maximum Gasteiger partial charge on any atom is 0.387 e. The zero-order valence-electron chi connectivity index (χ0n) is 15.9. The summed E-state index contributed by atoms with van der Waals surface area (Å²) in [5.74, 6) is 0.334. The molecule has 1 aromatic carbocycles. The summed E-state index contributed by atoms with van der Waals surface area (Å²) in [4.78, 5) is 17.5. The number of hydrogen-bond acceptors (Lipinski definition) is 4. The average molecular weight is 500 g/mol. The number of aryl methyl sites for hydroxylation is 1. The van der Waals surface area contributed by atoms with E-state index >= 15 is 0 Å². The molecule has 0 spiro atoms. The van der Waals surface area contributed by atoms with Gasteiger partial charge in [0.05, 0.1) is 19.7 Å². The topological polar surface area (TPSA) is 75.2 Å². The number of alkyl halides is 2. The molecule has 0 atom stereocenters. The van der Waals surface area contributed by atoms with Gasteiger partial charge in [0, 0.05) is 33.3 Å². The largest absolute Gasteiger partial charge is 0.434 e. The van der Waals surface area contributed by atoms with Gasteiger partial charge in [-0.05, 0) is 13.0 Å². The lowest BCUT2D eigenvalue weighted by Crippen LogP contribution is -2.43. The Bertz CT molecular complexity index is 616. The highest BCUT2D eigenvalue weighted by atomic mass is 127. The van der Waals surface area contributed by atoms with Crippen LogP contribution in [0.2, 0.25) is 0 Å².